The minimum Gasteiger partial charge on any atom is -0.463 e. The van der Waals surface area contributed by atoms with Gasteiger partial charge in [0, 0.05) is 19.8 Å². The third kappa shape index (κ3) is 3.05. The molecule has 1 N–H and O–H groups in total. The minimum absolute atomic E-state index is 0.00142. The van der Waals surface area contributed by atoms with Crippen LogP contribution in [-0.2, 0) is 19.1 Å². The van der Waals surface area contributed by atoms with Crippen molar-refractivity contribution in [3.63, 3.8) is 0 Å². The van der Waals surface area contributed by atoms with Crippen LogP contribution in [0.2, 0.25) is 0 Å². The fourth-order valence-electron chi connectivity index (χ4n) is 8.56. The van der Waals surface area contributed by atoms with Crippen LogP contribution in [0.25, 0.3) is 0 Å². The zero-order chi connectivity index (χ0) is 21.4. The Hall–Kier alpha value is -1.10. The number of fused-ring (bicyclic) bond motifs is 2. The molecule has 0 heterocycles. The Labute approximate surface area is 174 Å². The molecule has 0 aromatic carbocycles. The second-order valence-corrected chi connectivity index (χ2v) is 11.7. The molecule has 4 saturated carbocycles. The highest BCUT2D eigenvalue weighted by atomic mass is 16.5. The molecule has 0 saturated heterocycles. The van der Waals surface area contributed by atoms with Crippen molar-refractivity contribution in [2.24, 2.45) is 34.0 Å². The molecule has 0 aliphatic heterocycles. The average molecular weight is 407 g/mol. The Bertz CT molecular complexity index is 712. The second-order valence-electron chi connectivity index (χ2n) is 11.7. The highest BCUT2D eigenvalue weighted by Gasteiger charge is 2.72. The molecule has 0 amide bonds. The van der Waals surface area contributed by atoms with Crippen molar-refractivity contribution >= 4 is 11.9 Å². The van der Waals surface area contributed by atoms with E-state index in [1.54, 1.807) is 0 Å². The lowest BCUT2D eigenvalue weighted by Crippen LogP contribution is -2.64. The van der Waals surface area contributed by atoms with Gasteiger partial charge in [0.1, 0.15) is 12.2 Å². The fourth-order valence-corrected chi connectivity index (χ4v) is 8.56. The molecule has 5 nitrogen and oxygen atoms in total. The standard InChI is InChI=1S/C24H38O5/c1-14(25)28-17-12-21(3,4)20-10-19(29-15(2)26)18-9-16-11-24(18,22(20,5)13-17)8-7-23(16,6)27/h16-20,27H,7-13H2,1-6H3/t16-,17-,18+,19-,20-,22-,23-,24+/m0/s1. The summed E-state index contributed by atoms with van der Waals surface area (Å²) in [5.41, 5.74) is -0.627. The van der Waals surface area contributed by atoms with Gasteiger partial charge in [0.05, 0.1) is 5.60 Å². The summed E-state index contributed by atoms with van der Waals surface area (Å²) < 4.78 is 11.7. The molecule has 4 fully saturated rings. The van der Waals surface area contributed by atoms with Gasteiger partial charge in [-0.3, -0.25) is 9.59 Å². The summed E-state index contributed by atoms with van der Waals surface area (Å²) >= 11 is 0. The zero-order valence-corrected chi connectivity index (χ0v) is 18.9. The molecule has 164 valence electrons. The van der Waals surface area contributed by atoms with Crippen LogP contribution >= 0.6 is 0 Å². The SMILES string of the molecule is CC(=O)O[C@H]1CC(C)(C)[C@@H]2C[C@H](OC(C)=O)[C@H]3C[C@H]4C[C@@]3(CC[C@]4(C)O)[C@@]2(C)C1. The normalized spacial score (nSPS) is 50.2. The summed E-state index contributed by atoms with van der Waals surface area (Å²) in [6.45, 7) is 12.0. The number of ether oxygens (including phenoxy) is 2. The first kappa shape index (κ1) is 21.1. The highest BCUT2D eigenvalue weighted by molar-refractivity contribution is 5.66. The predicted molar refractivity (Wildman–Crippen MR) is 109 cm³/mol. The molecule has 4 rings (SSSR count). The molecule has 8 atom stereocenters. The third-order valence-corrected chi connectivity index (χ3v) is 9.64. The van der Waals surface area contributed by atoms with Gasteiger partial charge in [-0.05, 0) is 80.0 Å². The minimum atomic E-state index is -0.644. The Morgan fingerprint density at radius 1 is 0.897 bits per heavy atom. The van der Waals surface area contributed by atoms with Crippen LogP contribution in [0.4, 0.5) is 0 Å². The first-order valence-corrected chi connectivity index (χ1v) is 11.4. The van der Waals surface area contributed by atoms with Crippen molar-refractivity contribution < 1.29 is 24.2 Å². The number of hydrogen-bond acceptors (Lipinski definition) is 5. The molecule has 29 heavy (non-hydrogen) atoms. The molecule has 0 radical (unpaired) electrons. The molecular weight excluding hydrogens is 368 g/mol. The van der Waals surface area contributed by atoms with Crippen LogP contribution in [0.5, 0.6) is 0 Å². The molecule has 4 aliphatic carbocycles. The largest absolute Gasteiger partial charge is 0.463 e. The van der Waals surface area contributed by atoms with Gasteiger partial charge in [0.2, 0.25) is 0 Å². The Kier molecular flexibility index (Phi) is 4.70. The lowest BCUT2D eigenvalue weighted by molar-refractivity contribution is -0.229. The Morgan fingerprint density at radius 2 is 1.55 bits per heavy atom. The van der Waals surface area contributed by atoms with Crippen molar-refractivity contribution in [1.29, 1.82) is 0 Å². The zero-order valence-electron chi connectivity index (χ0n) is 18.9. The first-order valence-electron chi connectivity index (χ1n) is 11.4. The van der Waals surface area contributed by atoms with Gasteiger partial charge in [-0.2, -0.15) is 0 Å². The monoisotopic (exact) mass is 406 g/mol. The summed E-state index contributed by atoms with van der Waals surface area (Å²) in [6, 6.07) is 0. The second kappa shape index (κ2) is 6.45. The van der Waals surface area contributed by atoms with E-state index in [1.807, 2.05) is 6.92 Å². The van der Waals surface area contributed by atoms with Crippen molar-refractivity contribution in [3.8, 4) is 0 Å². The van der Waals surface area contributed by atoms with E-state index in [1.165, 1.54) is 13.8 Å². The summed E-state index contributed by atoms with van der Waals surface area (Å²) in [7, 11) is 0. The quantitative estimate of drug-likeness (QED) is 0.694. The number of hydrogen-bond donors (Lipinski definition) is 1. The van der Waals surface area contributed by atoms with Gasteiger partial charge in [-0.25, -0.2) is 0 Å². The molecule has 0 aromatic rings. The smallest absolute Gasteiger partial charge is 0.302 e. The number of carbonyl (C=O) groups is 2. The molecular formula is C24H38O5. The molecule has 5 heteroatoms. The van der Waals surface area contributed by atoms with Crippen LogP contribution in [0.3, 0.4) is 0 Å². The summed E-state index contributed by atoms with van der Waals surface area (Å²) in [4.78, 5) is 23.7. The van der Waals surface area contributed by atoms with E-state index in [-0.39, 0.29) is 52.2 Å². The topological polar surface area (TPSA) is 72.8 Å². The molecule has 2 bridgehead atoms. The Balaban J connectivity index is 1.79. The lowest BCUT2D eigenvalue weighted by atomic mass is 9.39. The Morgan fingerprint density at radius 3 is 2.17 bits per heavy atom. The van der Waals surface area contributed by atoms with Gasteiger partial charge >= 0.3 is 11.9 Å². The van der Waals surface area contributed by atoms with Crippen molar-refractivity contribution in [3.05, 3.63) is 0 Å². The molecule has 4 aliphatic rings. The average Bonchev–Trinajstić information content (AvgIpc) is 2.91. The maximum atomic E-state index is 12.0. The number of esters is 2. The van der Waals surface area contributed by atoms with Crippen molar-refractivity contribution in [1.82, 2.24) is 0 Å². The van der Waals surface area contributed by atoms with Crippen LogP contribution in [0.1, 0.15) is 86.5 Å². The molecule has 0 aromatic heterocycles. The van der Waals surface area contributed by atoms with Gasteiger partial charge in [0.25, 0.3) is 0 Å². The molecule has 1 spiro atoms. The number of aliphatic hydroxyl groups is 1. The van der Waals surface area contributed by atoms with Gasteiger partial charge in [-0.1, -0.05) is 20.8 Å². The van der Waals surface area contributed by atoms with Crippen LogP contribution < -0.4 is 0 Å². The van der Waals surface area contributed by atoms with E-state index < -0.39 is 5.60 Å². The van der Waals surface area contributed by atoms with Crippen LogP contribution in [0, 0.1) is 34.0 Å². The summed E-state index contributed by atoms with van der Waals surface area (Å²) in [5.74, 6) is 0.509. The van der Waals surface area contributed by atoms with Gasteiger partial charge in [0.15, 0.2) is 0 Å². The lowest BCUT2D eigenvalue weighted by Gasteiger charge is -2.67. The van der Waals surface area contributed by atoms with Crippen molar-refractivity contribution in [2.75, 3.05) is 0 Å². The maximum Gasteiger partial charge on any atom is 0.302 e. The van der Waals surface area contributed by atoms with E-state index in [9.17, 15) is 14.7 Å². The van der Waals surface area contributed by atoms with E-state index in [4.69, 9.17) is 9.47 Å². The predicted octanol–water partition coefficient (Wildman–Crippen LogP) is 4.25. The van der Waals surface area contributed by atoms with E-state index in [2.05, 4.69) is 20.8 Å². The van der Waals surface area contributed by atoms with E-state index in [0.717, 1.165) is 44.9 Å². The van der Waals surface area contributed by atoms with Crippen molar-refractivity contribution in [2.45, 2.75) is 104 Å². The highest BCUT2D eigenvalue weighted by Crippen LogP contribution is 2.75. The van der Waals surface area contributed by atoms with E-state index >= 15 is 0 Å². The number of rotatable bonds is 2. The van der Waals surface area contributed by atoms with E-state index in [0.29, 0.717) is 5.92 Å². The fraction of sp³-hybridized carbons (Fsp3) is 0.917. The summed E-state index contributed by atoms with van der Waals surface area (Å²) in [6.07, 6.45) is 6.11. The number of carbonyl (C=O) groups excluding carboxylic acids is 2. The first-order chi connectivity index (χ1) is 13.3. The van der Waals surface area contributed by atoms with Gasteiger partial charge in [-0.15, -0.1) is 0 Å². The van der Waals surface area contributed by atoms with Crippen LogP contribution in [0.15, 0.2) is 0 Å². The maximum absolute atomic E-state index is 12.0. The third-order valence-electron chi connectivity index (χ3n) is 9.64. The summed E-state index contributed by atoms with van der Waals surface area (Å²) in [5, 5.41) is 11.0. The molecule has 0 unspecified atom stereocenters. The van der Waals surface area contributed by atoms with Crippen LogP contribution in [-0.4, -0.2) is 34.9 Å². The van der Waals surface area contributed by atoms with Gasteiger partial charge < -0.3 is 14.6 Å².